The summed E-state index contributed by atoms with van der Waals surface area (Å²) in [5.74, 6) is -0.961. The molecule has 2 amide bonds. The average molecular weight is 436 g/mol. The number of aromatic nitrogens is 4. The Morgan fingerprint density at radius 2 is 1.52 bits per heavy atom. The van der Waals surface area contributed by atoms with Crippen molar-refractivity contribution in [1.29, 1.82) is 0 Å². The Balaban J connectivity index is 1.58. The van der Waals surface area contributed by atoms with Gasteiger partial charge < -0.3 is 4.57 Å². The smallest absolute Gasteiger partial charge is 0.328 e. The van der Waals surface area contributed by atoms with E-state index >= 15 is 0 Å². The number of amides is 2. The van der Waals surface area contributed by atoms with Crippen molar-refractivity contribution in [1.82, 2.24) is 23.6 Å². The lowest BCUT2D eigenvalue weighted by Gasteiger charge is -2.14. The van der Waals surface area contributed by atoms with Crippen molar-refractivity contribution in [2.24, 2.45) is 14.1 Å². The van der Waals surface area contributed by atoms with E-state index in [0.717, 1.165) is 9.47 Å². The Hall–Kier alpha value is -2.91. The van der Waals surface area contributed by atoms with Crippen molar-refractivity contribution in [2.75, 3.05) is 6.54 Å². The van der Waals surface area contributed by atoms with Crippen LogP contribution < -0.4 is 11.2 Å². The number of aryl methyl sites for hydroxylation is 2. The molecule has 0 bridgehead atoms. The molecule has 2 aromatic heterocycles. The van der Waals surface area contributed by atoms with Crippen LogP contribution in [-0.4, -0.2) is 41.9 Å². The van der Waals surface area contributed by atoms with E-state index in [9.17, 15) is 19.2 Å². The Morgan fingerprint density at radius 3 is 2.10 bits per heavy atom. The molecule has 0 aliphatic carbocycles. The van der Waals surface area contributed by atoms with E-state index in [0.29, 0.717) is 11.2 Å². The van der Waals surface area contributed by atoms with Gasteiger partial charge in [-0.25, -0.2) is 9.78 Å². The summed E-state index contributed by atoms with van der Waals surface area (Å²) in [7, 11) is 3.20. The molecule has 0 N–H and O–H groups in total. The van der Waals surface area contributed by atoms with Crippen LogP contribution in [0.4, 0.5) is 0 Å². The second-order valence-electron chi connectivity index (χ2n) is 6.75. The van der Waals surface area contributed by atoms with E-state index < -0.39 is 23.1 Å². The standard InChI is InChI=1S/C18H15Cl2N5O4/c1-22-8-21-14-13(22)17(28)25(18(29)23(14)2)5-3-4-24-15(26)9-6-11(19)12(20)7-10(9)16(24)27/h6-8H,3-5H2,1-2H3. The van der Waals surface area contributed by atoms with Crippen LogP contribution in [0.25, 0.3) is 11.2 Å². The van der Waals surface area contributed by atoms with Crippen LogP contribution in [0, 0.1) is 0 Å². The molecule has 0 fully saturated rings. The van der Waals surface area contributed by atoms with Crippen LogP contribution in [0.3, 0.4) is 0 Å². The highest BCUT2D eigenvalue weighted by Crippen LogP contribution is 2.31. The van der Waals surface area contributed by atoms with Crippen LogP contribution in [0.15, 0.2) is 28.0 Å². The van der Waals surface area contributed by atoms with Gasteiger partial charge in [-0.2, -0.15) is 0 Å². The van der Waals surface area contributed by atoms with Crippen molar-refractivity contribution in [3.8, 4) is 0 Å². The minimum absolute atomic E-state index is 0.0423. The summed E-state index contributed by atoms with van der Waals surface area (Å²) in [4.78, 5) is 55.5. The Morgan fingerprint density at radius 1 is 0.931 bits per heavy atom. The van der Waals surface area contributed by atoms with Gasteiger partial charge in [-0.3, -0.25) is 28.4 Å². The lowest BCUT2D eigenvalue weighted by Crippen LogP contribution is -2.40. The number of rotatable bonds is 4. The number of fused-ring (bicyclic) bond motifs is 2. The lowest BCUT2D eigenvalue weighted by molar-refractivity contribution is 0.0650. The zero-order valence-corrected chi connectivity index (χ0v) is 17.0. The number of hydrogen-bond acceptors (Lipinski definition) is 5. The van der Waals surface area contributed by atoms with Crippen molar-refractivity contribution < 1.29 is 9.59 Å². The fourth-order valence-electron chi connectivity index (χ4n) is 3.47. The molecule has 0 saturated carbocycles. The first-order chi connectivity index (χ1) is 13.7. The van der Waals surface area contributed by atoms with Gasteiger partial charge in [-0.05, 0) is 18.6 Å². The maximum absolute atomic E-state index is 12.7. The third-order valence-corrected chi connectivity index (χ3v) is 5.70. The molecule has 11 heteroatoms. The number of carbonyl (C=O) groups is 2. The van der Waals surface area contributed by atoms with Gasteiger partial charge in [0, 0.05) is 27.2 Å². The summed E-state index contributed by atoms with van der Waals surface area (Å²) >= 11 is 11.9. The van der Waals surface area contributed by atoms with E-state index in [1.807, 2.05) is 0 Å². The number of carbonyl (C=O) groups excluding carboxylic acids is 2. The van der Waals surface area contributed by atoms with Crippen molar-refractivity contribution in [2.45, 2.75) is 13.0 Å². The molecule has 0 atom stereocenters. The number of imidazole rings is 1. The third-order valence-electron chi connectivity index (χ3n) is 4.98. The Bertz CT molecular complexity index is 1280. The molecule has 0 radical (unpaired) electrons. The molecular formula is C18H15Cl2N5O4. The van der Waals surface area contributed by atoms with Crippen LogP contribution in [0.5, 0.6) is 0 Å². The van der Waals surface area contributed by atoms with Crippen molar-refractivity contribution >= 4 is 46.2 Å². The number of hydrogen-bond donors (Lipinski definition) is 0. The molecule has 3 heterocycles. The van der Waals surface area contributed by atoms with E-state index in [1.54, 1.807) is 11.6 Å². The fourth-order valence-corrected chi connectivity index (χ4v) is 3.79. The zero-order chi connectivity index (χ0) is 21.0. The van der Waals surface area contributed by atoms with E-state index in [2.05, 4.69) is 4.98 Å². The highest BCUT2D eigenvalue weighted by Gasteiger charge is 2.36. The molecule has 3 aromatic rings. The lowest BCUT2D eigenvalue weighted by atomic mass is 10.1. The van der Waals surface area contributed by atoms with Gasteiger partial charge in [0.05, 0.1) is 27.5 Å². The minimum atomic E-state index is -0.512. The Kier molecular flexibility index (Phi) is 4.59. The zero-order valence-electron chi connectivity index (χ0n) is 15.5. The summed E-state index contributed by atoms with van der Waals surface area (Å²) in [6.45, 7) is 0.0855. The summed E-state index contributed by atoms with van der Waals surface area (Å²) in [6.07, 6.45) is 1.69. The molecule has 150 valence electrons. The van der Waals surface area contributed by atoms with Gasteiger partial charge in [0.2, 0.25) is 0 Å². The number of nitrogens with zero attached hydrogens (tertiary/aromatic N) is 5. The minimum Gasteiger partial charge on any atom is -0.328 e. The highest BCUT2D eigenvalue weighted by atomic mass is 35.5. The van der Waals surface area contributed by atoms with Gasteiger partial charge in [0.15, 0.2) is 11.2 Å². The maximum atomic E-state index is 12.7. The van der Waals surface area contributed by atoms with Crippen molar-refractivity contribution in [3.05, 3.63) is 60.5 Å². The van der Waals surface area contributed by atoms with Crippen LogP contribution >= 0.6 is 23.2 Å². The number of imide groups is 1. The van der Waals surface area contributed by atoms with E-state index in [-0.39, 0.29) is 40.7 Å². The molecule has 29 heavy (non-hydrogen) atoms. The quantitative estimate of drug-likeness (QED) is 0.577. The van der Waals surface area contributed by atoms with Gasteiger partial charge >= 0.3 is 5.69 Å². The molecule has 4 rings (SSSR count). The van der Waals surface area contributed by atoms with Crippen LogP contribution in [0.2, 0.25) is 10.0 Å². The molecule has 1 aromatic carbocycles. The predicted molar refractivity (Wildman–Crippen MR) is 107 cm³/mol. The first-order valence-electron chi connectivity index (χ1n) is 8.68. The number of halogens is 2. The van der Waals surface area contributed by atoms with Gasteiger partial charge in [0.1, 0.15) is 0 Å². The SMILES string of the molecule is Cn1cnc2c1c(=O)n(CCCN1C(=O)c3cc(Cl)c(Cl)cc3C1=O)c(=O)n2C. The van der Waals surface area contributed by atoms with Crippen LogP contribution in [0.1, 0.15) is 27.1 Å². The number of benzene rings is 1. The topological polar surface area (TPSA) is 99.2 Å². The fraction of sp³-hybridized carbons (Fsp3) is 0.278. The molecule has 9 nitrogen and oxygen atoms in total. The maximum Gasteiger partial charge on any atom is 0.332 e. The normalized spacial score (nSPS) is 13.6. The summed E-state index contributed by atoms with van der Waals surface area (Å²) in [5.41, 5.74) is -0.00121. The molecule has 0 saturated heterocycles. The average Bonchev–Trinajstić information content (AvgIpc) is 3.17. The summed E-state index contributed by atoms with van der Waals surface area (Å²) in [5, 5.41) is 0.376. The first kappa shape index (κ1) is 19.4. The van der Waals surface area contributed by atoms with Gasteiger partial charge in [-0.1, -0.05) is 23.2 Å². The molecular weight excluding hydrogens is 421 g/mol. The Labute approximate surface area is 173 Å². The summed E-state index contributed by atoms with van der Waals surface area (Å²) in [6, 6.07) is 2.74. The third kappa shape index (κ3) is 2.89. The van der Waals surface area contributed by atoms with Crippen molar-refractivity contribution in [3.63, 3.8) is 0 Å². The van der Waals surface area contributed by atoms with Gasteiger partial charge in [-0.15, -0.1) is 0 Å². The molecule has 0 unspecified atom stereocenters. The molecule has 1 aliphatic rings. The van der Waals surface area contributed by atoms with E-state index in [1.165, 1.54) is 30.1 Å². The summed E-state index contributed by atoms with van der Waals surface area (Å²) < 4.78 is 3.92. The second kappa shape index (κ2) is 6.85. The predicted octanol–water partition coefficient (Wildman–Crippen LogP) is 1.43. The monoisotopic (exact) mass is 435 g/mol. The van der Waals surface area contributed by atoms with Gasteiger partial charge in [0.25, 0.3) is 17.4 Å². The van der Waals surface area contributed by atoms with E-state index in [4.69, 9.17) is 23.2 Å². The highest BCUT2D eigenvalue weighted by molar-refractivity contribution is 6.43. The second-order valence-corrected chi connectivity index (χ2v) is 7.57. The first-order valence-corrected chi connectivity index (χ1v) is 9.44. The molecule has 1 aliphatic heterocycles. The molecule has 0 spiro atoms. The largest absolute Gasteiger partial charge is 0.332 e. The van der Waals surface area contributed by atoms with Crippen LogP contribution in [-0.2, 0) is 20.6 Å².